The highest BCUT2D eigenvalue weighted by atomic mass is 35.5. The van der Waals surface area contributed by atoms with Gasteiger partial charge in [0.05, 0.1) is 22.2 Å². The fraction of sp³-hybridized carbons (Fsp3) is 0.333. The van der Waals surface area contributed by atoms with E-state index in [9.17, 15) is 31.9 Å². The third-order valence-corrected chi connectivity index (χ3v) is 6.04. The Balaban J connectivity index is 1.86. The molecule has 1 aromatic carbocycles. The van der Waals surface area contributed by atoms with Crippen molar-refractivity contribution in [3.05, 3.63) is 55.6 Å². The average Bonchev–Trinajstić information content (AvgIpc) is 3.44. The molecule has 2 aromatic rings. The lowest BCUT2D eigenvalue weighted by Gasteiger charge is -2.16. The molecule has 1 aliphatic heterocycles. The van der Waals surface area contributed by atoms with E-state index in [-0.39, 0.29) is 43.6 Å². The predicted octanol–water partition coefficient (Wildman–Crippen LogP) is 3.07. The lowest BCUT2D eigenvalue weighted by Crippen LogP contribution is -2.41. The maximum Gasteiger partial charge on any atom is 0.431 e. The zero-order valence-electron chi connectivity index (χ0n) is 15.7. The predicted molar refractivity (Wildman–Crippen MR) is 107 cm³/mol. The van der Waals surface area contributed by atoms with Gasteiger partial charge in [0.15, 0.2) is 5.17 Å². The monoisotopic (exact) mass is 476 g/mol. The van der Waals surface area contributed by atoms with Crippen molar-refractivity contribution in [1.29, 1.82) is 0 Å². The number of amides is 1. The first-order valence-electron chi connectivity index (χ1n) is 8.92. The lowest BCUT2D eigenvalue weighted by atomic mass is 10.2. The average molecular weight is 477 g/mol. The van der Waals surface area contributed by atoms with Crippen molar-refractivity contribution >= 4 is 40.1 Å². The number of rotatable bonds is 3. The molecule has 2 fully saturated rings. The molecule has 1 amide bonds. The van der Waals surface area contributed by atoms with Crippen LogP contribution < -0.4 is 11.2 Å². The Labute approximate surface area is 180 Å². The summed E-state index contributed by atoms with van der Waals surface area (Å²) in [6.07, 6.45) is -3.30. The van der Waals surface area contributed by atoms with Crippen LogP contribution in [0.25, 0.3) is 5.69 Å². The molecule has 0 unspecified atom stereocenters. The summed E-state index contributed by atoms with van der Waals surface area (Å²) >= 11 is 7.23. The molecule has 0 spiro atoms. The van der Waals surface area contributed by atoms with Crippen LogP contribution in [0.1, 0.15) is 18.5 Å². The number of benzene rings is 1. The van der Waals surface area contributed by atoms with E-state index in [4.69, 9.17) is 11.6 Å². The normalized spacial score (nSPS) is 18.3. The van der Waals surface area contributed by atoms with E-state index >= 15 is 0 Å². The Kier molecular flexibility index (Phi) is 5.24. The van der Waals surface area contributed by atoms with E-state index in [2.05, 4.69) is 4.99 Å². The molecule has 2 heterocycles. The number of aliphatic imine (C=N–C) groups is 1. The number of thioether (sulfide) groups is 1. The molecule has 1 saturated carbocycles. The molecule has 0 atom stereocenters. The SMILES string of the molecule is Cn1c(C(F)(F)F)cc(=O)n(-c2cc(/N=C3\SCC(=O)N3C3CC3)c(Cl)cc2F)c1=O. The minimum atomic E-state index is -4.94. The summed E-state index contributed by atoms with van der Waals surface area (Å²) in [5, 5.41) is 0.195. The fourth-order valence-corrected chi connectivity index (χ4v) is 4.29. The van der Waals surface area contributed by atoms with E-state index in [0.29, 0.717) is 5.17 Å². The first-order chi connectivity index (χ1) is 14.5. The van der Waals surface area contributed by atoms with Gasteiger partial charge in [-0.25, -0.2) is 18.7 Å². The summed E-state index contributed by atoms with van der Waals surface area (Å²) in [6, 6.07) is 2.05. The van der Waals surface area contributed by atoms with Crippen LogP contribution in [0.5, 0.6) is 0 Å². The Hall–Kier alpha value is -2.60. The number of carbonyl (C=O) groups excluding carboxylic acids is 1. The highest BCUT2D eigenvalue weighted by Crippen LogP contribution is 2.37. The van der Waals surface area contributed by atoms with Crippen LogP contribution in [0.2, 0.25) is 5.02 Å². The Morgan fingerprint density at radius 1 is 1.16 bits per heavy atom. The maximum atomic E-state index is 14.6. The molecular formula is C18H13ClF4N4O3S. The first kappa shape index (κ1) is 21.6. The van der Waals surface area contributed by atoms with Gasteiger partial charge in [0.2, 0.25) is 5.91 Å². The molecule has 4 rings (SSSR count). The van der Waals surface area contributed by atoms with Crippen LogP contribution in [-0.4, -0.2) is 36.9 Å². The van der Waals surface area contributed by atoms with E-state index in [1.54, 1.807) is 0 Å². The van der Waals surface area contributed by atoms with Crippen molar-refractivity contribution in [2.75, 3.05) is 5.75 Å². The minimum Gasteiger partial charge on any atom is -0.292 e. The maximum absolute atomic E-state index is 14.6. The summed E-state index contributed by atoms with van der Waals surface area (Å²) in [5.41, 5.74) is -4.84. The number of aromatic nitrogens is 2. The molecule has 1 aromatic heterocycles. The molecule has 1 saturated heterocycles. The second-order valence-corrected chi connectivity index (χ2v) is 8.33. The molecule has 13 heteroatoms. The molecule has 0 N–H and O–H groups in total. The van der Waals surface area contributed by atoms with Gasteiger partial charge in [-0.1, -0.05) is 23.4 Å². The number of hydrogen-bond donors (Lipinski definition) is 0. The summed E-state index contributed by atoms with van der Waals surface area (Å²) in [7, 11) is 0.824. The van der Waals surface area contributed by atoms with Gasteiger partial charge < -0.3 is 0 Å². The smallest absolute Gasteiger partial charge is 0.292 e. The Bertz CT molecular complexity index is 1250. The van der Waals surface area contributed by atoms with Crippen LogP contribution in [0.3, 0.4) is 0 Å². The molecule has 31 heavy (non-hydrogen) atoms. The standard InChI is InChI=1S/C18H13ClF4N4O3S/c1-25-13(18(21,22)23)6-14(28)27(17(25)30)12-5-11(9(19)4-10(12)20)24-16-26(8-2-3-8)15(29)7-31-16/h4-6,8H,2-3,7H2,1H3/b24-16-. The van der Waals surface area contributed by atoms with Gasteiger partial charge in [-0.2, -0.15) is 13.2 Å². The number of hydrogen-bond acceptors (Lipinski definition) is 5. The third-order valence-electron chi connectivity index (χ3n) is 4.80. The van der Waals surface area contributed by atoms with Crippen LogP contribution in [0.4, 0.5) is 23.2 Å². The summed E-state index contributed by atoms with van der Waals surface area (Å²) < 4.78 is 54.2. The number of nitrogens with zero attached hydrogens (tertiary/aromatic N) is 4. The summed E-state index contributed by atoms with van der Waals surface area (Å²) in [4.78, 5) is 42.7. The molecule has 2 aliphatic rings. The highest BCUT2D eigenvalue weighted by Gasteiger charge is 2.40. The van der Waals surface area contributed by atoms with Gasteiger partial charge in [-0.15, -0.1) is 0 Å². The van der Waals surface area contributed by atoms with Crippen molar-refractivity contribution in [2.45, 2.75) is 25.1 Å². The van der Waals surface area contributed by atoms with Gasteiger partial charge in [-0.3, -0.25) is 19.1 Å². The van der Waals surface area contributed by atoms with Gasteiger partial charge >= 0.3 is 11.9 Å². The van der Waals surface area contributed by atoms with Gasteiger partial charge in [0.1, 0.15) is 11.5 Å². The van der Waals surface area contributed by atoms with Crippen molar-refractivity contribution in [2.24, 2.45) is 12.0 Å². The lowest BCUT2D eigenvalue weighted by molar-refractivity contribution is -0.144. The number of halogens is 5. The van der Waals surface area contributed by atoms with Crippen LogP contribution in [0.15, 0.2) is 32.8 Å². The van der Waals surface area contributed by atoms with Gasteiger partial charge in [-0.05, 0) is 25.0 Å². The summed E-state index contributed by atoms with van der Waals surface area (Å²) in [5.74, 6) is -1.04. The van der Waals surface area contributed by atoms with Crippen LogP contribution in [0, 0.1) is 5.82 Å². The fourth-order valence-electron chi connectivity index (χ4n) is 3.16. The van der Waals surface area contributed by atoms with Crippen LogP contribution in [-0.2, 0) is 18.0 Å². The van der Waals surface area contributed by atoms with Gasteiger partial charge in [0.25, 0.3) is 5.56 Å². The van der Waals surface area contributed by atoms with Crippen molar-refractivity contribution < 1.29 is 22.4 Å². The third kappa shape index (κ3) is 3.89. The largest absolute Gasteiger partial charge is 0.431 e. The second-order valence-electron chi connectivity index (χ2n) is 6.98. The van der Waals surface area contributed by atoms with E-state index in [1.807, 2.05) is 0 Å². The highest BCUT2D eigenvalue weighted by molar-refractivity contribution is 8.15. The van der Waals surface area contributed by atoms with Crippen molar-refractivity contribution in [1.82, 2.24) is 14.0 Å². The molecule has 0 bridgehead atoms. The topological polar surface area (TPSA) is 76.7 Å². The number of alkyl halides is 3. The zero-order chi connectivity index (χ0) is 22.7. The second kappa shape index (κ2) is 7.52. The molecule has 1 aliphatic carbocycles. The number of carbonyl (C=O) groups is 1. The first-order valence-corrected chi connectivity index (χ1v) is 10.3. The van der Waals surface area contributed by atoms with E-state index < -0.39 is 34.6 Å². The van der Waals surface area contributed by atoms with Crippen molar-refractivity contribution in [3.8, 4) is 5.69 Å². The van der Waals surface area contributed by atoms with Gasteiger partial charge in [0, 0.05) is 19.2 Å². The molecular weight excluding hydrogens is 464 g/mol. The minimum absolute atomic E-state index is 0.0322. The summed E-state index contributed by atoms with van der Waals surface area (Å²) in [6.45, 7) is 0. The van der Waals surface area contributed by atoms with Crippen molar-refractivity contribution in [3.63, 3.8) is 0 Å². The Morgan fingerprint density at radius 3 is 2.45 bits per heavy atom. The van der Waals surface area contributed by atoms with E-state index in [0.717, 1.165) is 43.8 Å². The molecule has 164 valence electrons. The molecule has 0 radical (unpaired) electrons. The Morgan fingerprint density at radius 2 is 1.84 bits per heavy atom. The van der Waals surface area contributed by atoms with E-state index in [1.165, 1.54) is 4.90 Å². The van der Waals surface area contributed by atoms with Crippen LogP contribution >= 0.6 is 23.4 Å². The number of amidine groups is 1. The quantitative estimate of drug-likeness (QED) is 0.638. The zero-order valence-corrected chi connectivity index (χ0v) is 17.3. The molecule has 7 nitrogen and oxygen atoms in total.